The predicted molar refractivity (Wildman–Crippen MR) is 85.8 cm³/mol. The molecule has 21 heavy (non-hydrogen) atoms. The highest BCUT2D eigenvalue weighted by Crippen LogP contribution is 2.26. The molecule has 0 spiro atoms. The number of carbonyl (C=O) groups is 1. The van der Waals surface area contributed by atoms with Crippen LogP contribution < -0.4 is 10.6 Å². The minimum atomic E-state index is -2.77. The zero-order chi connectivity index (χ0) is 14.8. The third-order valence-corrected chi connectivity index (χ3v) is 3.68. The lowest BCUT2D eigenvalue weighted by atomic mass is 9.84. The molecule has 0 aliphatic carbocycles. The Balaban J connectivity index is 0. The van der Waals surface area contributed by atoms with Gasteiger partial charge in [-0.15, -0.1) is 24.8 Å². The van der Waals surface area contributed by atoms with Crippen molar-refractivity contribution in [1.82, 2.24) is 15.5 Å². The number of alkyl halides is 2. The van der Waals surface area contributed by atoms with Gasteiger partial charge in [-0.2, -0.15) is 0 Å². The topological polar surface area (TPSA) is 44.4 Å². The minimum Gasteiger partial charge on any atom is -0.352 e. The zero-order valence-electron chi connectivity index (χ0n) is 13.2. The third kappa shape index (κ3) is 7.08. The van der Waals surface area contributed by atoms with Gasteiger partial charge in [0.1, 0.15) is 0 Å². The smallest absolute Gasteiger partial charge is 0.262 e. The summed E-state index contributed by atoms with van der Waals surface area (Å²) in [4.78, 5) is 14.0. The molecule has 2 atom stereocenters. The van der Waals surface area contributed by atoms with Crippen LogP contribution in [0.2, 0.25) is 0 Å². The van der Waals surface area contributed by atoms with Crippen LogP contribution in [0.4, 0.5) is 8.78 Å². The molecule has 1 aliphatic heterocycles. The molecule has 1 fully saturated rings. The number of hydrogen-bond acceptors (Lipinski definition) is 3. The maximum atomic E-state index is 13.0. The van der Waals surface area contributed by atoms with Crippen molar-refractivity contribution in [3.63, 3.8) is 0 Å². The average molecular weight is 350 g/mol. The number of nitrogens with one attached hydrogen (secondary N) is 2. The van der Waals surface area contributed by atoms with Gasteiger partial charge in [0.25, 0.3) is 5.92 Å². The summed E-state index contributed by atoms with van der Waals surface area (Å²) >= 11 is 0. The number of hydrogen-bond donors (Lipinski definition) is 2. The van der Waals surface area contributed by atoms with Gasteiger partial charge in [-0.1, -0.05) is 13.8 Å². The molecule has 1 heterocycles. The molecule has 0 radical (unpaired) electrons. The standard InChI is InChI=1S/C13H25F2N3O.2ClH/c1-9(12(2,3)8-18(4)5)17-11(19)10-6-13(14,15)7-16-10;;/h9-10,16H,6-8H2,1-5H3,(H,17,19);2*1H. The molecule has 0 aromatic carbocycles. The van der Waals surface area contributed by atoms with Crippen LogP contribution in [0.3, 0.4) is 0 Å². The number of rotatable bonds is 5. The van der Waals surface area contributed by atoms with Crippen molar-refractivity contribution in [3.8, 4) is 0 Å². The fraction of sp³-hybridized carbons (Fsp3) is 0.923. The Labute approximate surface area is 138 Å². The Hall–Kier alpha value is -0.170. The van der Waals surface area contributed by atoms with Crippen molar-refractivity contribution in [3.05, 3.63) is 0 Å². The van der Waals surface area contributed by atoms with E-state index in [2.05, 4.69) is 24.5 Å². The maximum Gasteiger partial charge on any atom is 0.262 e. The molecule has 1 aliphatic rings. The first-order valence-corrected chi connectivity index (χ1v) is 6.60. The molecule has 2 N–H and O–H groups in total. The summed E-state index contributed by atoms with van der Waals surface area (Å²) in [7, 11) is 3.94. The molecule has 0 saturated carbocycles. The van der Waals surface area contributed by atoms with E-state index in [9.17, 15) is 13.6 Å². The molecule has 0 bridgehead atoms. The lowest BCUT2D eigenvalue weighted by Gasteiger charge is -2.35. The Morgan fingerprint density at radius 3 is 2.33 bits per heavy atom. The first-order chi connectivity index (χ1) is 8.53. The van der Waals surface area contributed by atoms with E-state index in [0.29, 0.717) is 0 Å². The van der Waals surface area contributed by atoms with Gasteiger partial charge in [0.05, 0.1) is 12.6 Å². The van der Waals surface area contributed by atoms with Gasteiger partial charge < -0.3 is 10.2 Å². The van der Waals surface area contributed by atoms with E-state index < -0.39 is 24.9 Å². The number of nitrogens with zero attached hydrogens (tertiary/aromatic N) is 1. The lowest BCUT2D eigenvalue weighted by Crippen LogP contribution is -2.51. The van der Waals surface area contributed by atoms with Crippen LogP contribution in [-0.4, -0.2) is 56.0 Å². The molecule has 0 aromatic heterocycles. The van der Waals surface area contributed by atoms with Crippen LogP contribution in [0.5, 0.6) is 0 Å². The van der Waals surface area contributed by atoms with Gasteiger partial charge >= 0.3 is 0 Å². The summed E-state index contributed by atoms with van der Waals surface area (Å²) in [5.41, 5.74) is -0.125. The summed E-state index contributed by atoms with van der Waals surface area (Å²) in [6, 6.07) is -0.869. The second-order valence-corrected chi connectivity index (χ2v) is 6.45. The van der Waals surface area contributed by atoms with E-state index >= 15 is 0 Å². The zero-order valence-corrected chi connectivity index (χ0v) is 14.8. The van der Waals surface area contributed by atoms with Crippen molar-refractivity contribution >= 4 is 30.7 Å². The van der Waals surface area contributed by atoms with Crippen LogP contribution >= 0.6 is 24.8 Å². The van der Waals surface area contributed by atoms with Crippen molar-refractivity contribution < 1.29 is 13.6 Å². The summed E-state index contributed by atoms with van der Waals surface area (Å²) in [6.07, 6.45) is -0.417. The van der Waals surface area contributed by atoms with Crippen LogP contribution in [-0.2, 0) is 4.79 Å². The number of halogens is 4. The molecule has 1 saturated heterocycles. The first kappa shape index (κ1) is 23.1. The number of amides is 1. The Kier molecular flexibility index (Phi) is 9.31. The fourth-order valence-corrected chi connectivity index (χ4v) is 2.36. The monoisotopic (exact) mass is 349 g/mol. The van der Waals surface area contributed by atoms with Crippen LogP contribution in [0.25, 0.3) is 0 Å². The maximum absolute atomic E-state index is 13.0. The first-order valence-electron chi connectivity index (χ1n) is 6.60. The molecular weight excluding hydrogens is 323 g/mol. The van der Waals surface area contributed by atoms with Crippen LogP contribution in [0, 0.1) is 5.41 Å². The van der Waals surface area contributed by atoms with E-state index in [1.54, 1.807) is 0 Å². The van der Waals surface area contributed by atoms with Crippen molar-refractivity contribution in [2.75, 3.05) is 27.2 Å². The second kappa shape index (κ2) is 8.46. The molecule has 2 unspecified atom stereocenters. The van der Waals surface area contributed by atoms with Crippen molar-refractivity contribution in [2.45, 2.75) is 45.2 Å². The van der Waals surface area contributed by atoms with Gasteiger partial charge in [-0.05, 0) is 26.4 Å². The lowest BCUT2D eigenvalue weighted by molar-refractivity contribution is -0.124. The molecular formula is C13H27Cl2F2N3O. The molecule has 1 rings (SSSR count). The number of carbonyl (C=O) groups excluding carboxylic acids is 1. The van der Waals surface area contributed by atoms with E-state index in [1.165, 1.54) is 0 Å². The van der Waals surface area contributed by atoms with Gasteiger partial charge in [0.2, 0.25) is 5.91 Å². The van der Waals surface area contributed by atoms with Crippen LogP contribution in [0.15, 0.2) is 0 Å². The molecule has 4 nitrogen and oxygen atoms in total. The van der Waals surface area contributed by atoms with Crippen LogP contribution in [0.1, 0.15) is 27.2 Å². The summed E-state index contributed by atoms with van der Waals surface area (Å²) in [5, 5.41) is 5.42. The van der Waals surface area contributed by atoms with E-state index in [-0.39, 0.29) is 42.2 Å². The summed E-state index contributed by atoms with van der Waals surface area (Å²) in [6.45, 7) is 6.40. The molecule has 0 aromatic rings. The summed E-state index contributed by atoms with van der Waals surface area (Å²) < 4.78 is 26.1. The highest BCUT2D eigenvalue weighted by Gasteiger charge is 2.43. The Morgan fingerprint density at radius 1 is 1.43 bits per heavy atom. The van der Waals surface area contributed by atoms with Crippen molar-refractivity contribution in [2.24, 2.45) is 5.41 Å². The third-order valence-electron chi connectivity index (χ3n) is 3.68. The largest absolute Gasteiger partial charge is 0.352 e. The highest BCUT2D eigenvalue weighted by molar-refractivity contribution is 5.85. The Bertz CT molecular complexity index is 341. The second-order valence-electron chi connectivity index (χ2n) is 6.45. The van der Waals surface area contributed by atoms with Gasteiger partial charge in [0.15, 0.2) is 0 Å². The van der Waals surface area contributed by atoms with E-state index in [4.69, 9.17) is 0 Å². The quantitative estimate of drug-likeness (QED) is 0.796. The van der Waals surface area contributed by atoms with Gasteiger partial charge in [-0.25, -0.2) is 8.78 Å². The average Bonchev–Trinajstić information content (AvgIpc) is 2.56. The molecule has 8 heteroatoms. The van der Waals surface area contributed by atoms with Gasteiger partial charge in [-0.3, -0.25) is 10.1 Å². The summed E-state index contributed by atoms with van der Waals surface area (Å²) in [5.74, 6) is -3.11. The van der Waals surface area contributed by atoms with E-state index in [1.807, 2.05) is 25.9 Å². The fourth-order valence-electron chi connectivity index (χ4n) is 2.36. The van der Waals surface area contributed by atoms with Crippen molar-refractivity contribution in [1.29, 1.82) is 0 Å². The molecule has 128 valence electrons. The van der Waals surface area contributed by atoms with E-state index in [0.717, 1.165) is 6.54 Å². The SMILES string of the molecule is CC(NC(=O)C1CC(F)(F)CN1)C(C)(C)CN(C)C.Cl.Cl. The van der Waals surface area contributed by atoms with Gasteiger partial charge in [0, 0.05) is 19.0 Å². The minimum absolute atomic E-state index is 0. The normalized spacial score (nSPS) is 22.2. The Morgan fingerprint density at radius 2 is 1.95 bits per heavy atom. The highest BCUT2D eigenvalue weighted by atomic mass is 35.5. The predicted octanol–water partition coefficient (Wildman–Crippen LogP) is 1.92. The molecule has 1 amide bonds.